The Hall–Kier alpha value is -4.11. The molecule has 0 aliphatic carbocycles. The molecule has 0 saturated carbocycles. The molecular weight excluding hydrogens is 498 g/mol. The summed E-state index contributed by atoms with van der Waals surface area (Å²) in [5.74, 6) is 0.532. The molecule has 1 aromatic heterocycles. The van der Waals surface area contributed by atoms with Crippen LogP contribution in [-0.4, -0.2) is 58.8 Å². The molecule has 1 aliphatic heterocycles. The molecule has 0 atom stereocenters. The quantitative estimate of drug-likeness (QED) is 0.337. The minimum atomic E-state index is -0.152. The Labute approximate surface area is 226 Å². The monoisotopic (exact) mass is 527 g/mol. The third-order valence-corrected chi connectivity index (χ3v) is 7.31. The maximum atomic E-state index is 12.9. The van der Waals surface area contributed by atoms with E-state index in [0.29, 0.717) is 24.2 Å². The standard InChI is InChI=1S/C29H29N5O3S/c1-20-7-9-22(10-8-20)27-31-32-29(37-27)38-19-26(35)30-23-11-13-24(14-12-23)33-15-17-34(18-16-33)28(36)25-6-4-3-5-21(25)2/h3-14H,15-19H2,1-2H3,(H,30,35). The van der Waals surface area contributed by atoms with Crippen LogP contribution in [0.5, 0.6) is 0 Å². The van der Waals surface area contributed by atoms with Crippen LogP contribution in [-0.2, 0) is 4.79 Å². The molecule has 0 spiro atoms. The van der Waals surface area contributed by atoms with Crippen LogP contribution in [0.1, 0.15) is 21.5 Å². The maximum Gasteiger partial charge on any atom is 0.277 e. The van der Waals surface area contributed by atoms with Crippen molar-refractivity contribution in [1.82, 2.24) is 15.1 Å². The normalized spacial score (nSPS) is 13.4. The number of rotatable bonds is 7. The zero-order chi connectivity index (χ0) is 26.5. The van der Waals surface area contributed by atoms with Crippen molar-refractivity contribution in [3.05, 3.63) is 89.5 Å². The molecular formula is C29H29N5O3S. The first-order chi connectivity index (χ1) is 18.5. The van der Waals surface area contributed by atoms with Crippen LogP contribution in [0, 0.1) is 13.8 Å². The van der Waals surface area contributed by atoms with Gasteiger partial charge < -0.3 is 19.5 Å². The Kier molecular flexibility index (Phi) is 7.74. The van der Waals surface area contributed by atoms with Gasteiger partial charge in [-0.15, -0.1) is 10.2 Å². The number of aryl methyl sites for hydroxylation is 2. The Morgan fingerprint density at radius 3 is 2.32 bits per heavy atom. The van der Waals surface area contributed by atoms with Gasteiger partial charge in [0.2, 0.25) is 11.8 Å². The van der Waals surface area contributed by atoms with E-state index in [2.05, 4.69) is 20.4 Å². The molecule has 38 heavy (non-hydrogen) atoms. The van der Waals surface area contributed by atoms with Gasteiger partial charge in [0, 0.05) is 48.7 Å². The third kappa shape index (κ3) is 6.06. The fourth-order valence-electron chi connectivity index (χ4n) is 4.31. The summed E-state index contributed by atoms with van der Waals surface area (Å²) < 4.78 is 5.68. The summed E-state index contributed by atoms with van der Waals surface area (Å²) in [4.78, 5) is 29.5. The van der Waals surface area contributed by atoms with E-state index in [0.717, 1.165) is 46.7 Å². The Morgan fingerprint density at radius 1 is 0.895 bits per heavy atom. The maximum absolute atomic E-state index is 12.9. The molecule has 1 saturated heterocycles. The molecule has 4 aromatic rings. The molecule has 194 valence electrons. The largest absolute Gasteiger partial charge is 0.411 e. The van der Waals surface area contributed by atoms with E-state index < -0.39 is 0 Å². The highest BCUT2D eigenvalue weighted by molar-refractivity contribution is 7.99. The summed E-state index contributed by atoms with van der Waals surface area (Å²) in [6, 6.07) is 23.3. The van der Waals surface area contributed by atoms with E-state index >= 15 is 0 Å². The van der Waals surface area contributed by atoms with Crippen LogP contribution < -0.4 is 10.2 Å². The van der Waals surface area contributed by atoms with Gasteiger partial charge >= 0.3 is 0 Å². The van der Waals surface area contributed by atoms with Gasteiger partial charge in [-0.2, -0.15) is 0 Å². The number of nitrogens with one attached hydrogen (secondary N) is 1. The topological polar surface area (TPSA) is 91.6 Å². The smallest absolute Gasteiger partial charge is 0.277 e. The van der Waals surface area contributed by atoms with Gasteiger partial charge in [0.25, 0.3) is 11.1 Å². The van der Waals surface area contributed by atoms with Gasteiger partial charge in [0.15, 0.2) is 0 Å². The molecule has 0 radical (unpaired) electrons. The van der Waals surface area contributed by atoms with Crippen LogP contribution in [0.25, 0.3) is 11.5 Å². The number of anilines is 2. The molecule has 1 aliphatic rings. The van der Waals surface area contributed by atoms with E-state index in [-0.39, 0.29) is 17.6 Å². The molecule has 8 nitrogen and oxygen atoms in total. The van der Waals surface area contributed by atoms with Gasteiger partial charge in [0.05, 0.1) is 5.75 Å². The lowest BCUT2D eigenvalue weighted by atomic mass is 10.1. The van der Waals surface area contributed by atoms with Crippen LogP contribution in [0.2, 0.25) is 0 Å². The van der Waals surface area contributed by atoms with Gasteiger partial charge in [-0.3, -0.25) is 9.59 Å². The highest BCUT2D eigenvalue weighted by atomic mass is 32.2. The predicted molar refractivity (Wildman–Crippen MR) is 150 cm³/mol. The van der Waals surface area contributed by atoms with Crippen LogP contribution in [0.3, 0.4) is 0 Å². The van der Waals surface area contributed by atoms with Crippen molar-refractivity contribution in [2.45, 2.75) is 19.1 Å². The van der Waals surface area contributed by atoms with E-state index in [1.54, 1.807) is 0 Å². The van der Waals surface area contributed by atoms with Gasteiger partial charge in [0.1, 0.15) is 0 Å². The first-order valence-corrected chi connectivity index (χ1v) is 13.5. The number of aromatic nitrogens is 2. The molecule has 9 heteroatoms. The highest BCUT2D eigenvalue weighted by Crippen LogP contribution is 2.24. The molecule has 1 N–H and O–H groups in total. The second kappa shape index (κ2) is 11.5. The average molecular weight is 528 g/mol. The van der Waals surface area contributed by atoms with Crippen molar-refractivity contribution in [3.8, 4) is 11.5 Å². The van der Waals surface area contributed by atoms with Crippen molar-refractivity contribution >= 4 is 35.0 Å². The number of nitrogens with zero attached hydrogens (tertiary/aromatic N) is 4. The Morgan fingerprint density at radius 2 is 1.61 bits per heavy atom. The summed E-state index contributed by atoms with van der Waals surface area (Å²) >= 11 is 1.20. The lowest BCUT2D eigenvalue weighted by Gasteiger charge is -2.36. The van der Waals surface area contributed by atoms with Crippen molar-refractivity contribution in [2.75, 3.05) is 42.1 Å². The SMILES string of the molecule is Cc1ccc(-c2nnc(SCC(=O)Nc3ccc(N4CCN(C(=O)c5ccccc5C)CC4)cc3)o2)cc1. The fourth-order valence-corrected chi connectivity index (χ4v) is 4.87. The van der Waals surface area contributed by atoms with Gasteiger partial charge in [-0.05, 0) is 61.9 Å². The number of hydrogen-bond donors (Lipinski definition) is 1. The summed E-state index contributed by atoms with van der Waals surface area (Å²) in [6.45, 7) is 6.84. The lowest BCUT2D eigenvalue weighted by Crippen LogP contribution is -2.48. The van der Waals surface area contributed by atoms with Crippen LogP contribution >= 0.6 is 11.8 Å². The van der Waals surface area contributed by atoms with Crippen molar-refractivity contribution in [2.24, 2.45) is 0 Å². The van der Waals surface area contributed by atoms with Gasteiger partial charge in [-0.25, -0.2) is 0 Å². The number of benzene rings is 3. The van der Waals surface area contributed by atoms with Crippen molar-refractivity contribution < 1.29 is 14.0 Å². The van der Waals surface area contributed by atoms with Crippen molar-refractivity contribution in [3.63, 3.8) is 0 Å². The summed E-state index contributed by atoms with van der Waals surface area (Å²) in [7, 11) is 0. The van der Waals surface area contributed by atoms with Crippen molar-refractivity contribution in [1.29, 1.82) is 0 Å². The zero-order valence-corrected chi connectivity index (χ0v) is 22.2. The highest BCUT2D eigenvalue weighted by Gasteiger charge is 2.23. The fraction of sp³-hybridized carbons (Fsp3) is 0.241. The predicted octanol–water partition coefficient (Wildman–Crippen LogP) is 5.05. The number of carbonyl (C=O) groups excluding carboxylic acids is 2. The average Bonchev–Trinajstić information content (AvgIpc) is 3.42. The lowest BCUT2D eigenvalue weighted by molar-refractivity contribution is -0.113. The summed E-state index contributed by atoms with van der Waals surface area (Å²) in [6.07, 6.45) is 0. The second-order valence-electron chi connectivity index (χ2n) is 9.22. The first-order valence-electron chi connectivity index (χ1n) is 12.5. The molecule has 1 fully saturated rings. The number of carbonyl (C=O) groups is 2. The Bertz CT molecular complexity index is 1410. The minimum Gasteiger partial charge on any atom is -0.411 e. The molecule has 0 unspecified atom stereocenters. The third-order valence-electron chi connectivity index (χ3n) is 6.49. The number of thioether (sulfide) groups is 1. The molecule has 0 bridgehead atoms. The second-order valence-corrected chi connectivity index (χ2v) is 10.1. The van der Waals surface area contributed by atoms with E-state index in [1.165, 1.54) is 11.8 Å². The summed E-state index contributed by atoms with van der Waals surface area (Å²) in [5, 5.41) is 11.4. The van der Waals surface area contributed by atoms with Crippen LogP contribution in [0.15, 0.2) is 82.4 Å². The molecule has 3 aromatic carbocycles. The van der Waals surface area contributed by atoms with Crippen LogP contribution in [0.4, 0.5) is 11.4 Å². The van der Waals surface area contributed by atoms with E-state index in [9.17, 15) is 9.59 Å². The Balaban J connectivity index is 1.09. The van der Waals surface area contributed by atoms with E-state index in [1.807, 2.05) is 91.5 Å². The number of hydrogen-bond acceptors (Lipinski definition) is 7. The molecule has 2 heterocycles. The minimum absolute atomic E-state index is 0.0885. The van der Waals surface area contributed by atoms with E-state index in [4.69, 9.17) is 4.42 Å². The summed E-state index contributed by atoms with van der Waals surface area (Å²) in [5.41, 5.74) is 5.55. The van der Waals surface area contributed by atoms with Gasteiger partial charge in [-0.1, -0.05) is 47.7 Å². The number of piperazine rings is 1. The first kappa shape index (κ1) is 25.5. The molecule has 5 rings (SSSR count). The zero-order valence-electron chi connectivity index (χ0n) is 21.4. The number of amides is 2. The molecule has 2 amide bonds.